The number of nitrogens with one attached hydrogen (secondary N) is 1. The van der Waals surface area contributed by atoms with Crippen molar-refractivity contribution in [2.75, 3.05) is 5.32 Å². The number of nitrogens with zero attached hydrogens (tertiary/aromatic N) is 4. The Bertz CT molecular complexity index is 1200. The molecule has 3 aromatic heterocycles. The number of aromatic nitrogens is 4. The van der Waals surface area contributed by atoms with E-state index in [2.05, 4.69) is 20.3 Å². The number of rotatable bonds is 3. The lowest BCUT2D eigenvalue weighted by molar-refractivity contribution is -0.140. The molecule has 0 amide bonds. The van der Waals surface area contributed by atoms with Crippen LogP contribution in [0.4, 0.5) is 29.2 Å². The van der Waals surface area contributed by atoms with Crippen LogP contribution in [-0.4, -0.2) is 24.5 Å². The molecule has 1 aromatic carbocycles. The van der Waals surface area contributed by atoms with Gasteiger partial charge in [0.1, 0.15) is 22.9 Å². The number of anilines is 2. The summed E-state index contributed by atoms with van der Waals surface area (Å²) in [5.41, 5.74) is -0.749. The number of phenols is 1. The van der Waals surface area contributed by atoms with E-state index < -0.39 is 17.7 Å². The minimum absolute atomic E-state index is 0.0465. The quantitative estimate of drug-likeness (QED) is 0.383. The summed E-state index contributed by atoms with van der Waals surface area (Å²) in [5, 5.41) is 12.2. The molecule has 0 spiro atoms. The predicted molar refractivity (Wildman–Crippen MR) is 97.3 cm³/mol. The number of halogens is 4. The lowest BCUT2D eigenvalue weighted by Gasteiger charge is -2.11. The molecule has 0 bridgehead atoms. The molecule has 0 aliphatic heterocycles. The predicted octanol–water partition coefficient (Wildman–Crippen LogP) is 4.71. The standard InChI is InChI=1S/C19H13F4N5O/c1-10-8-14(26-18(24-10)25-12-3-5-13(29)6-4-12)16-17(19(21,22)23)27-15-7-2-11(20)9-28(15)16/h2-9,29H,1H3,(H,24,25,26). The summed E-state index contributed by atoms with van der Waals surface area (Å²) in [6.07, 6.45) is -3.83. The van der Waals surface area contributed by atoms with E-state index in [4.69, 9.17) is 0 Å². The third kappa shape index (κ3) is 3.68. The van der Waals surface area contributed by atoms with Gasteiger partial charge < -0.3 is 10.4 Å². The number of imidazole rings is 1. The van der Waals surface area contributed by atoms with Gasteiger partial charge in [-0.3, -0.25) is 4.40 Å². The van der Waals surface area contributed by atoms with E-state index in [1.807, 2.05) is 0 Å². The maximum Gasteiger partial charge on any atom is 0.435 e. The van der Waals surface area contributed by atoms with Gasteiger partial charge in [0.2, 0.25) is 5.95 Å². The number of fused-ring (bicyclic) bond motifs is 1. The number of aromatic hydroxyl groups is 1. The van der Waals surface area contributed by atoms with Gasteiger partial charge in [0, 0.05) is 17.6 Å². The smallest absolute Gasteiger partial charge is 0.435 e. The first-order chi connectivity index (χ1) is 13.7. The average molecular weight is 403 g/mol. The summed E-state index contributed by atoms with van der Waals surface area (Å²) < 4.78 is 55.6. The molecular weight excluding hydrogens is 390 g/mol. The molecule has 4 aromatic rings. The highest BCUT2D eigenvalue weighted by Gasteiger charge is 2.39. The fourth-order valence-electron chi connectivity index (χ4n) is 2.88. The van der Waals surface area contributed by atoms with Crippen molar-refractivity contribution >= 4 is 17.3 Å². The normalized spacial score (nSPS) is 11.8. The zero-order valence-corrected chi connectivity index (χ0v) is 14.9. The van der Waals surface area contributed by atoms with Crippen LogP contribution in [0.3, 0.4) is 0 Å². The van der Waals surface area contributed by atoms with Crippen LogP contribution in [-0.2, 0) is 6.18 Å². The minimum Gasteiger partial charge on any atom is -0.508 e. The Balaban J connectivity index is 1.88. The maximum atomic E-state index is 13.7. The third-order valence-electron chi connectivity index (χ3n) is 4.07. The SMILES string of the molecule is Cc1cc(-c2c(C(F)(F)F)nc3ccc(F)cn23)nc(Nc2ccc(O)cc2)n1. The number of hydrogen-bond acceptors (Lipinski definition) is 5. The van der Waals surface area contributed by atoms with E-state index >= 15 is 0 Å². The molecule has 148 valence electrons. The Labute approximate surface area is 161 Å². The third-order valence-corrected chi connectivity index (χ3v) is 4.07. The van der Waals surface area contributed by atoms with Gasteiger partial charge in [-0.2, -0.15) is 13.2 Å². The Kier molecular flexibility index (Phi) is 4.33. The van der Waals surface area contributed by atoms with E-state index in [9.17, 15) is 22.7 Å². The molecular formula is C19H13F4N5O. The molecule has 0 aliphatic rings. The second kappa shape index (κ2) is 6.73. The van der Waals surface area contributed by atoms with Gasteiger partial charge >= 0.3 is 6.18 Å². The van der Waals surface area contributed by atoms with Crippen molar-refractivity contribution in [1.82, 2.24) is 19.4 Å². The Morgan fingerprint density at radius 1 is 1.00 bits per heavy atom. The highest BCUT2D eigenvalue weighted by molar-refractivity contribution is 5.67. The molecule has 0 saturated heterocycles. The topological polar surface area (TPSA) is 75.3 Å². The summed E-state index contributed by atoms with van der Waals surface area (Å²) in [7, 11) is 0. The molecule has 3 heterocycles. The number of pyridine rings is 1. The van der Waals surface area contributed by atoms with Crippen LogP contribution in [0, 0.1) is 12.7 Å². The Morgan fingerprint density at radius 3 is 2.41 bits per heavy atom. The van der Waals surface area contributed by atoms with E-state index in [-0.39, 0.29) is 28.7 Å². The van der Waals surface area contributed by atoms with E-state index in [0.717, 1.165) is 22.7 Å². The van der Waals surface area contributed by atoms with Crippen molar-refractivity contribution in [1.29, 1.82) is 0 Å². The fraction of sp³-hybridized carbons (Fsp3) is 0.105. The van der Waals surface area contributed by atoms with Crippen molar-refractivity contribution in [2.24, 2.45) is 0 Å². The van der Waals surface area contributed by atoms with Crippen molar-refractivity contribution < 1.29 is 22.7 Å². The summed E-state index contributed by atoms with van der Waals surface area (Å²) >= 11 is 0. The summed E-state index contributed by atoms with van der Waals surface area (Å²) in [6, 6.07) is 9.57. The first-order valence-corrected chi connectivity index (χ1v) is 8.37. The van der Waals surface area contributed by atoms with Crippen LogP contribution in [0.5, 0.6) is 5.75 Å². The maximum absolute atomic E-state index is 13.7. The van der Waals surface area contributed by atoms with Gasteiger partial charge in [-0.15, -0.1) is 0 Å². The molecule has 4 rings (SSSR count). The fourth-order valence-corrected chi connectivity index (χ4v) is 2.88. The number of benzene rings is 1. The van der Waals surface area contributed by atoms with Gasteiger partial charge in [0.15, 0.2) is 5.69 Å². The van der Waals surface area contributed by atoms with Crippen LogP contribution in [0.2, 0.25) is 0 Å². The number of alkyl halides is 3. The molecule has 0 aliphatic carbocycles. The monoisotopic (exact) mass is 403 g/mol. The van der Waals surface area contributed by atoms with Gasteiger partial charge in [-0.05, 0) is 49.4 Å². The van der Waals surface area contributed by atoms with Crippen LogP contribution in [0.15, 0.2) is 48.7 Å². The van der Waals surface area contributed by atoms with Crippen molar-refractivity contribution in [3.8, 4) is 17.1 Å². The van der Waals surface area contributed by atoms with Gasteiger partial charge in [-0.25, -0.2) is 19.3 Å². The first-order valence-electron chi connectivity index (χ1n) is 8.37. The van der Waals surface area contributed by atoms with Crippen LogP contribution in [0.1, 0.15) is 11.4 Å². The highest BCUT2D eigenvalue weighted by Crippen LogP contribution is 2.37. The van der Waals surface area contributed by atoms with Gasteiger partial charge in [-0.1, -0.05) is 0 Å². The van der Waals surface area contributed by atoms with Crippen LogP contribution in [0.25, 0.3) is 17.0 Å². The lowest BCUT2D eigenvalue weighted by atomic mass is 10.2. The molecule has 29 heavy (non-hydrogen) atoms. The van der Waals surface area contributed by atoms with E-state index in [1.165, 1.54) is 18.2 Å². The van der Waals surface area contributed by atoms with Crippen LogP contribution >= 0.6 is 0 Å². The zero-order valence-electron chi connectivity index (χ0n) is 14.9. The summed E-state index contributed by atoms with van der Waals surface area (Å²) in [4.78, 5) is 12.0. The number of phenolic OH excluding ortho intramolecular Hbond substituents is 1. The van der Waals surface area contributed by atoms with Gasteiger partial charge in [0.05, 0.1) is 5.69 Å². The number of aryl methyl sites for hydroxylation is 1. The second-order valence-electron chi connectivity index (χ2n) is 6.27. The second-order valence-corrected chi connectivity index (χ2v) is 6.27. The number of hydrogen-bond donors (Lipinski definition) is 2. The molecule has 0 saturated carbocycles. The van der Waals surface area contributed by atoms with Crippen molar-refractivity contribution in [3.63, 3.8) is 0 Å². The molecule has 0 fully saturated rings. The largest absolute Gasteiger partial charge is 0.508 e. The van der Waals surface area contributed by atoms with Crippen molar-refractivity contribution in [2.45, 2.75) is 13.1 Å². The zero-order chi connectivity index (χ0) is 20.8. The average Bonchev–Trinajstić information content (AvgIpc) is 3.02. The lowest BCUT2D eigenvalue weighted by Crippen LogP contribution is -2.09. The van der Waals surface area contributed by atoms with Gasteiger partial charge in [0.25, 0.3) is 0 Å². The summed E-state index contributed by atoms with van der Waals surface area (Å²) in [5.74, 6) is -0.604. The molecule has 6 nitrogen and oxygen atoms in total. The molecule has 0 atom stereocenters. The minimum atomic E-state index is -4.76. The van der Waals surface area contributed by atoms with Crippen LogP contribution < -0.4 is 5.32 Å². The molecule has 2 N–H and O–H groups in total. The summed E-state index contributed by atoms with van der Waals surface area (Å²) in [6.45, 7) is 1.60. The van der Waals surface area contributed by atoms with E-state index in [0.29, 0.717) is 11.4 Å². The Morgan fingerprint density at radius 2 is 1.72 bits per heavy atom. The first kappa shape index (κ1) is 18.7. The molecule has 10 heteroatoms. The van der Waals surface area contributed by atoms with E-state index in [1.54, 1.807) is 19.1 Å². The van der Waals surface area contributed by atoms with Crippen molar-refractivity contribution in [3.05, 3.63) is 65.9 Å². The molecule has 0 radical (unpaired) electrons. The highest BCUT2D eigenvalue weighted by atomic mass is 19.4. The molecule has 0 unspecified atom stereocenters. The Hall–Kier alpha value is -3.69.